The number of nitrogens with two attached hydrogens (primary N) is 1. The third-order valence-corrected chi connectivity index (χ3v) is 4.94. The molecule has 0 bridgehead atoms. The van der Waals surface area contributed by atoms with Crippen molar-refractivity contribution in [3.8, 4) is 11.3 Å². The largest absolute Gasteiger partial charge is 0.393 e. The Labute approximate surface area is 193 Å². The van der Waals surface area contributed by atoms with Crippen molar-refractivity contribution in [2.45, 2.75) is 72.6 Å². The van der Waals surface area contributed by atoms with Crippen molar-refractivity contribution in [1.82, 2.24) is 19.5 Å². The molecule has 0 aliphatic heterocycles. The van der Waals surface area contributed by atoms with Crippen LogP contribution < -0.4 is 5.73 Å². The summed E-state index contributed by atoms with van der Waals surface area (Å²) in [4.78, 5) is 12.3. The average molecular weight is 466 g/mol. The summed E-state index contributed by atoms with van der Waals surface area (Å²) < 4.78 is 16.5. The minimum absolute atomic E-state index is 0.0352. The third-order valence-electron chi connectivity index (χ3n) is 4.66. The molecule has 176 valence electrons. The van der Waals surface area contributed by atoms with Crippen LogP contribution in [0, 0.1) is 11.7 Å². The topological polar surface area (TPSA) is 110 Å². The zero-order chi connectivity index (χ0) is 24.4. The van der Waals surface area contributed by atoms with Crippen LogP contribution in [0.5, 0.6) is 0 Å². The molecule has 1 atom stereocenters. The minimum Gasteiger partial charge on any atom is -0.393 e. The Morgan fingerprint density at radius 1 is 1.16 bits per heavy atom. The Morgan fingerprint density at radius 2 is 1.78 bits per heavy atom. The molecule has 0 aliphatic carbocycles. The van der Waals surface area contributed by atoms with Crippen LogP contribution in [-0.2, 0) is 5.60 Å². The van der Waals surface area contributed by atoms with Gasteiger partial charge in [0.05, 0.1) is 28.5 Å². The van der Waals surface area contributed by atoms with Gasteiger partial charge in [0.1, 0.15) is 16.9 Å². The van der Waals surface area contributed by atoms with Crippen molar-refractivity contribution in [3.63, 3.8) is 0 Å². The van der Waals surface area contributed by atoms with Crippen LogP contribution in [0.4, 0.5) is 10.3 Å². The van der Waals surface area contributed by atoms with Gasteiger partial charge in [-0.2, -0.15) is 0 Å². The number of aromatic nitrogens is 4. The highest BCUT2D eigenvalue weighted by Crippen LogP contribution is 2.34. The van der Waals surface area contributed by atoms with Gasteiger partial charge in [-0.3, -0.25) is 0 Å². The first kappa shape index (κ1) is 26.0. The number of benzene rings is 1. The van der Waals surface area contributed by atoms with E-state index in [1.54, 1.807) is 24.5 Å². The monoisotopic (exact) mass is 465 g/mol. The van der Waals surface area contributed by atoms with E-state index >= 15 is 0 Å². The molecule has 32 heavy (non-hydrogen) atoms. The molecule has 0 amide bonds. The Balaban J connectivity index is 0.000000451. The molecular formula is C23H33ClFN5O2. The number of imidazole rings is 1. The number of nitrogens with zero attached hydrogens (tertiary/aromatic N) is 4. The molecule has 1 unspecified atom stereocenters. The standard InChI is InChI=1S/C17H19ClFN5O.C6H14O/c1-8(2)24-12-6-9(13-10(18)7-21-16(20)23-13)5-11(19)14(12)22-15(24)17(3,4)25;1-5(2)4-6(3)7/h5-8,25H,1-4H3,(H2,20,21,23);5-7H,4H2,1-3H3. The molecule has 0 aliphatic rings. The highest BCUT2D eigenvalue weighted by atomic mass is 35.5. The van der Waals surface area contributed by atoms with E-state index in [1.807, 2.05) is 20.8 Å². The fourth-order valence-corrected chi connectivity index (χ4v) is 3.71. The van der Waals surface area contributed by atoms with Crippen molar-refractivity contribution in [1.29, 1.82) is 0 Å². The van der Waals surface area contributed by atoms with Crippen molar-refractivity contribution in [2.24, 2.45) is 5.92 Å². The quantitative estimate of drug-likeness (QED) is 0.484. The highest BCUT2D eigenvalue weighted by Gasteiger charge is 2.28. The number of nitrogen functional groups attached to an aromatic ring is 1. The molecule has 4 N–H and O–H groups in total. The smallest absolute Gasteiger partial charge is 0.220 e. The summed E-state index contributed by atoms with van der Waals surface area (Å²) in [7, 11) is 0. The van der Waals surface area contributed by atoms with Gasteiger partial charge in [-0.1, -0.05) is 25.4 Å². The van der Waals surface area contributed by atoms with Gasteiger partial charge in [-0.15, -0.1) is 0 Å². The number of hydrogen-bond donors (Lipinski definition) is 3. The molecule has 1 aromatic carbocycles. The van der Waals surface area contributed by atoms with E-state index in [0.29, 0.717) is 28.5 Å². The van der Waals surface area contributed by atoms with E-state index < -0.39 is 11.4 Å². The molecule has 3 rings (SSSR count). The summed E-state index contributed by atoms with van der Waals surface area (Å²) >= 11 is 6.15. The van der Waals surface area contributed by atoms with E-state index in [1.165, 1.54) is 12.3 Å². The van der Waals surface area contributed by atoms with Crippen LogP contribution in [-0.4, -0.2) is 35.8 Å². The molecule has 2 aromatic heterocycles. The lowest BCUT2D eigenvalue weighted by atomic mass is 10.1. The Morgan fingerprint density at radius 3 is 2.25 bits per heavy atom. The number of aliphatic hydroxyl groups excluding tert-OH is 1. The van der Waals surface area contributed by atoms with Gasteiger partial charge in [-0.05, 0) is 59.1 Å². The molecule has 2 heterocycles. The summed E-state index contributed by atoms with van der Waals surface area (Å²) in [6, 6.07) is 3.02. The predicted molar refractivity (Wildman–Crippen MR) is 127 cm³/mol. The summed E-state index contributed by atoms with van der Waals surface area (Å²) in [5, 5.41) is 19.4. The fraction of sp³-hybridized carbons (Fsp3) is 0.522. The lowest BCUT2D eigenvalue weighted by molar-refractivity contribution is 0.0641. The molecule has 0 saturated carbocycles. The first-order valence-corrected chi connectivity index (χ1v) is 11.0. The van der Waals surface area contributed by atoms with Crippen molar-refractivity contribution in [3.05, 3.63) is 35.0 Å². The Bertz CT molecular complexity index is 1070. The van der Waals surface area contributed by atoms with Gasteiger partial charge < -0.3 is 20.5 Å². The van der Waals surface area contributed by atoms with Crippen LogP contribution in [0.15, 0.2) is 18.3 Å². The van der Waals surface area contributed by atoms with Crippen LogP contribution in [0.2, 0.25) is 5.02 Å². The molecule has 9 heteroatoms. The second-order valence-corrected chi connectivity index (χ2v) is 9.59. The zero-order valence-electron chi connectivity index (χ0n) is 19.7. The second-order valence-electron chi connectivity index (χ2n) is 9.19. The first-order valence-electron chi connectivity index (χ1n) is 10.6. The van der Waals surface area contributed by atoms with Crippen molar-refractivity contribution < 1.29 is 14.6 Å². The number of hydrogen-bond acceptors (Lipinski definition) is 6. The van der Waals surface area contributed by atoms with Crippen LogP contribution in [0.3, 0.4) is 0 Å². The van der Waals surface area contributed by atoms with Gasteiger partial charge in [-0.25, -0.2) is 19.3 Å². The Hall–Kier alpha value is -2.29. The van der Waals surface area contributed by atoms with Crippen LogP contribution >= 0.6 is 11.6 Å². The van der Waals surface area contributed by atoms with Gasteiger partial charge in [0, 0.05) is 11.6 Å². The van der Waals surface area contributed by atoms with E-state index in [4.69, 9.17) is 22.4 Å². The van der Waals surface area contributed by atoms with Crippen molar-refractivity contribution >= 4 is 28.6 Å². The molecular weight excluding hydrogens is 433 g/mol. The number of aliphatic hydroxyl groups is 2. The molecule has 0 radical (unpaired) electrons. The van der Waals surface area contributed by atoms with Crippen molar-refractivity contribution in [2.75, 3.05) is 5.73 Å². The number of halogens is 2. The van der Waals surface area contributed by atoms with E-state index in [2.05, 4.69) is 28.8 Å². The maximum Gasteiger partial charge on any atom is 0.220 e. The maximum absolute atomic E-state index is 14.7. The molecule has 0 saturated heterocycles. The average Bonchev–Trinajstić information content (AvgIpc) is 3.04. The maximum atomic E-state index is 14.7. The summed E-state index contributed by atoms with van der Waals surface area (Å²) in [6.45, 7) is 13.1. The number of fused-ring (bicyclic) bond motifs is 1. The third kappa shape index (κ3) is 6.15. The predicted octanol–water partition coefficient (Wildman–Crippen LogP) is 5.09. The highest BCUT2D eigenvalue weighted by molar-refractivity contribution is 6.33. The second kappa shape index (κ2) is 10.1. The SMILES string of the molecule is CC(C)CC(C)O.CC(C)n1c(C(C)(C)O)nc2c(F)cc(-c3nc(N)ncc3Cl)cc21. The summed E-state index contributed by atoms with van der Waals surface area (Å²) in [5.41, 5.74) is 5.96. The Kier molecular flexibility index (Phi) is 8.20. The lowest BCUT2D eigenvalue weighted by Gasteiger charge is -2.21. The fourth-order valence-electron chi connectivity index (χ4n) is 3.51. The molecule has 0 fully saturated rings. The molecule has 0 spiro atoms. The van der Waals surface area contributed by atoms with Crippen LogP contribution in [0.25, 0.3) is 22.3 Å². The number of anilines is 1. The van der Waals surface area contributed by atoms with E-state index in [9.17, 15) is 9.50 Å². The van der Waals surface area contributed by atoms with Crippen LogP contribution in [0.1, 0.15) is 66.8 Å². The minimum atomic E-state index is -1.22. The summed E-state index contributed by atoms with van der Waals surface area (Å²) in [6.07, 6.45) is 2.17. The van der Waals surface area contributed by atoms with Gasteiger partial charge in [0.2, 0.25) is 5.95 Å². The zero-order valence-corrected chi connectivity index (χ0v) is 20.4. The molecule has 7 nitrogen and oxygen atoms in total. The lowest BCUT2D eigenvalue weighted by Crippen LogP contribution is -2.23. The van der Waals surface area contributed by atoms with Gasteiger partial charge in [0.25, 0.3) is 0 Å². The van der Waals surface area contributed by atoms with Gasteiger partial charge in [0.15, 0.2) is 5.82 Å². The molecule has 3 aromatic rings. The van der Waals surface area contributed by atoms with Gasteiger partial charge >= 0.3 is 0 Å². The summed E-state index contributed by atoms with van der Waals surface area (Å²) in [5.74, 6) is 0.543. The number of rotatable bonds is 5. The van der Waals surface area contributed by atoms with E-state index in [-0.39, 0.29) is 28.6 Å². The first-order chi connectivity index (χ1) is 14.7. The normalized spacial score (nSPS) is 12.9. The van der Waals surface area contributed by atoms with E-state index in [0.717, 1.165) is 6.42 Å².